The molecule has 0 amide bonds. The fraction of sp³-hybridized carbons (Fsp3) is 0.368. The molecule has 0 saturated heterocycles. The first-order valence-electron chi connectivity index (χ1n) is 8.88. The van der Waals surface area contributed by atoms with Crippen molar-refractivity contribution in [3.05, 3.63) is 53.6 Å². The van der Waals surface area contributed by atoms with Crippen LogP contribution in [0.1, 0.15) is 37.7 Å². The van der Waals surface area contributed by atoms with Crippen molar-refractivity contribution in [2.24, 2.45) is 0 Å². The molecule has 1 aliphatic carbocycles. The number of hydrogen-bond acceptors (Lipinski definition) is 5. The third-order valence-corrected chi connectivity index (χ3v) is 5.94. The minimum Gasteiger partial charge on any atom is -0.368 e. The molecule has 3 rings (SSSR count). The summed E-state index contributed by atoms with van der Waals surface area (Å²) in [6.07, 6.45) is 8.28. The lowest BCUT2D eigenvalue weighted by Crippen LogP contribution is -2.15. The topological polar surface area (TPSA) is 84.0 Å². The lowest BCUT2D eigenvalue weighted by molar-refractivity contribution is 0.600. The Kier molecular flexibility index (Phi) is 5.88. The molecule has 0 radical (unpaired) electrons. The van der Waals surface area contributed by atoms with Gasteiger partial charge in [0.25, 0.3) is 10.0 Å². The summed E-state index contributed by atoms with van der Waals surface area (Å²) in [5.74, 6) is 0.842. The molecule has 0 unspecified atom stereocenters. The highest BCUT2D eigenvalue weighted by molar-refractivity contribution is 7.92. The number of benzene rings is 1. The summed E-state index contributed by atoms with van der Waals surface area (Å²) in [4.78, 5) is 0.241. The lowest BCUT2D eigenvalue weighted by Gasteiger charge is -2.13. The van der Waals surface area contributed by atoms with E-state index < -0.39 is 10.0 Å². The molecule has 26 heavy (non-hydrogen) atoms. The number of nitrogens with one attached hydrogen (secondary N) is 2. The quantitative estimate of drug-likeness (QED) is 0.721. The maximum absolute atomic E-state index is 12.5. The van der Waals surface area contributed by atoms with E-state index in [1.54, 1.807) is 43.3 Å². The van der Waals surface area contributed by atoms with Crippen LogP contribution in [0.3, 0.4) is 0 Å². The van der Waals surface area contributed by atoms with Gasteiger partial charge in [-0.1, -0.05) is 29.8 Å². The maximum Gasteiger partial charge on any atom is 0.263 e. The van der Waals surface area contributed by atoms with Crippen LogP contribution in [0.25, 0.3) is 0 Å². The van der Waals surface area contributed by atoms with Crippen molar-refractivity contribution in [1.82, 2.24) is 10.2 Å². The molecule has 2 aromatic rings. The second-order valence-electron chi connectivity index (χ2n) is 6.46. The Bertz CT molecular complexity index is 877. The molecule has 1 heterocycles. The second kappa shape index (κ2) is 8.31. The van der Waals surface area contributed by atoms with Gasteiger partial charge in [-0.2, -0.15) is 0 Å². The number of rotatable bonds is 7. The smallest absolute Gasteiger partial charge is 0.263 e. The predicted octanol–water partition coefficient (Wildman–Crippen LogP) is 3.89. The highest BCUT2D eigenvalue weighted by atomic mass is 32.2. The van der Waals surface area contributed by atoms with Gasteiger partial charge in [0.15, 0.2) is 5.82 Å². The Morgan fingerprint density at radius 3 is 2.50 bits per heavy atom. The van der Waals surface area contributed by atoms with E-state index in [0.29, 0.717) is 11.4 Å². The SMILES string of the molecule is Cc1ccccc1S(=O)(=O)Nc1ccc(NCCC2=CCCCC2)nn1. The summed E-state index contributed by atoms with van der Waals surface area (Å²) >= 11 is 0. The molecule has 0 saturated carbocycles. The van der Waals surface area contributed by atoms with E-state index >= 15 is 0 Å². The molecule has 2 N–H and O–H groups in total. The molecule has 0 aliphatic heterocycles. The Hall–Kier alpha value is -2.41. The summed E-state index contributed by atoms with van der Waals surface area (Å²) in [6, 6.07) is 10.2. The van der Waals surface area contributed by atoms with Gasteiger partial charge in [0.05, 0.1) is 4.90 Å². The van der Waals surface area contributed by atoms with E-state index in [4.69, 9.17) is 0 Å². The number of aryl methyl sites for hydroxylation is 1. The van der Waals surface area contributed by atoms with E-state index in [1.165, 1.54) is 31.3 Å². The first-order chi connectivity index (χ1) is 12.5. The standard InChI is InChI=1S/C19H24N4O2S/c1-15-7-5-6-10-17(15)26(24,25)23-19-12-11-18(21-22-19)20-14-13-16-8-3-2-4-9-16/h5-8,10-12H,2-4,9,13-14H2,1H3,(H,20,21)(H,22,23). The average molecular weight is 372 g/mol. The zero-order valence-electron chi connectivity index (χ0n) is 14.9. The number of aromatic nitrogens is 2. The summed E-state index contributed by atoms with van der Waals surface area (Å²) in [7, 11) is -3.67. The van der Waals surface area contributed by atoms with Crippen molar-refractivity contribution in [3.63, 3.8) is 0 Å². The van der Waals surface area contributed by atoms with E-state index in [0.717, 1.165) is 13.0 Å². The van der Waals surface area contributed by atoms with E-state index in [1.807, 2.05) is 0 Å². The molecule has 0 atom stereocenters. The van der Waals surface area contributed by atoms with Crippen LogP contribution in [0.2, 0.25) is 0 Å². The second-order valence-corrected chi connectivity index (χ2v) is 8.11. The zero-order chi connectivity index (χ0) is 18.4. The zero-order valence-corrected chi connectivity index (χ0v) is 15.7. The first-order valence-corrected chi connectivity index (χ1v) is 10.4. The van der Waals surface area contributed by atoms with E-state index in [9.17, 15) is 8.42 Å². The van der Waals surface area contributed by atoms with Crippen LogP contribution in [-0.2, 0) is 10.0 Å². The van der Waals surface area contributed by atoms with Crippen molar-refractivity contribution in [3.8, 4) is 0 Å². The van der Waals surface area contributed by atoms with Crippen molar-refractivity contribution in [2.45, 2.75) is 43.9 Å². The third-order valence-electron chi connectivity index (χ3n) is 4.42. The van der Waals surface area contributed by atoms with Gasteiger partial charge >= 0.3 is 0 Å². The van der Waals surface area contributed by atoms with Crippen molar-refractivity contribution < 1.29 is 8.42 Å². The monoisotopic (exact) mass is 372 g/mol. The summed E-state index contributed by atoms with van der Waals surface area (Å²) in [5, 5.41) is 11.3. The molecule has 0 fully saturated rings. The van der Waals surface area contributed by atoms with Gasteiger partial charge in [0.1, 0.15) is 5.82 Å². The highest BCUT2D eigenvalue weighted by Crippen LogP contribution is 2.20. The van der Waals surface area contributed by atoms with Gasteiger partial charge in [-0.15, -0.1) is 10.2 Å². The Balaban J connectivity index is 1.57. The van der Waals surface area contributed by atoms with E-state index in [-0.39, 0.29) is 10.7 Å². The predicted molar refractivity (Wildman–Crippen MR) is 104 cm³/mol. The first kappa shape index (κ1) is 18.4. The Labute approximate surface area is 154 Å². The minimum absolute atomic E-state index is 0.203. The molecule has 6 nitrogen and oxygen atoms in total. The average Bonchev–Trinajstić information content (AvgIpc) is 2.64. The molecule has 138 valence electrons. The number of anilines is 2. The number of sulfonamides is 1. The van der Waals surface area contributed by atoms with Crippen molar-refractivity contribution in [2.75, 3.05) is 16.6 Å². The number of nitrogens with zero attached hydrogens (tertiary/aromatic N) is 2. The number of allylic oxidation sites excluding steroid dienone is 1. The molecule has 0 bridgehead atoms. The third kappa shape index (κ3) is 4.82. The van der Waals surface area contributed by atoms with Gasteiger partial charge in [-0.05, 0) is 62.8 Å². The summed E-state index contributed by atoms with van der Waals surface area (Å²) in [6.45, 7) is 2.56. The van der Waals surface area contributed by atoms with Crippen molar-refractivity contribution in [1.29, 1.82) is 0 Å². The molecule has 1 aliphatic rings. The molecule has 1 aromatic heterocycles. The van der Waals surface area contributed by atoms with Crippen LogP contribution >= 0.6 is 0 Å². The van der Waals surface area contributed by atoms with Gasteiger partial charge in [-0.3, -0.25) is 4.72 Å². The van der Waals surface area contributed by atoms with Gasteiger partial charge in [0, 0.05) is 6.54 Å². The van der Waals surface area contributed by atoms with Crippen LogP contribution in [0.4, 0.5) is 11.6 Å². The molecule has 0 spiro atoms. The molecule has 7 heteroatoms. The van der Waals surface area contributed by atoms with Crippen LogP contribution in [0.5, 0.6) is 0 Å². The van der Waals surface area contributed by atoms with E-state index in [2.05, 4.69) is 26.3 Å². The lowest BCUT2D eigenvalue weighted by atomic mass is 9.97. The van der Waals surface area contributed by atoms with Crippen LogP contribution in [0.15, 0.2) is 52.9 Å². The van der Waals surface area contributed by atoms with Gasteiger partial charge in [-0.25, -0.2) is 8.42 Å². The highest BCUT2D eigenvalue weighted by Gasteiger charge is 2.17. The van der Waals surface area contributed by atoms with Crippen molar-refractivity contribution >= 4 is 21.7 Å². The fourth-order valence-electron chi connectivity index (χ4n) is 3.01. The Morgan fingerprint density at radius 2 is 1.81 bits per heavy atom. The molecule has 1 aromatic carbocycles. The normalized spacial score (nSPS) is 14.6. The van der Waals surface area contributed by atoms with Gasteiger partial charge in [0.2, 0.25) is 0 Å². The van der Waals surface area contributed by atoms with Crippen LogP contribution in [0, 0.1) is 6.92 Å². The van der Waals surface area contributed by atoms with Crippen LogP contribution in [-0.4, -0.2) is 25.2 Å². The number of hydrogen-bond donors (Lipinski definition) is 2. The summed E-state index contributed by atoms with van der Waals surface area (Å²) in [5.41, 5.74) is 2.18. The Morgan fingerprint density at radius 1 is 1.04 bits per heavy atom. The van der Waals surface area contributed by atoms with Gasteiger partial charge < -0.3 is 5.32 Å². The maximum atomic E-state index is 12.5. The minimum atomic E-state index is -3.67. The van der Waals surface area contributed by atoms with Crippen LogP contribution < -0.4 is 10.0 Å². The molecular formula is C19H24N4O2S. The fourth-order valence-corrected chi connectivity index (χ4v) is 4.26. The molecular weight excluding hydrogens is 348 g/mol. The summed E-state index contributed by atoms with van der Waals surface area (Å²) < 4.78 is 27.4. The largest absolute Gasteiger partial charge is 0.368 e.